The van der Waals surface area contributed by atoms with Crippen LogP contribution in [0.15, 0.2) is 12.1 Å². The fourth-order valence-corrected chi connectivity index (χ4v) is 3.73. The van der Waals surface area contributed by atoms with Gasteiger partial charge in [-0.15, -0.1) is 0 Å². The minimum absolute atomic E-state index is 0.0359. The molecule has 7 unspecified atom stereocenters. The van der Waals surface area contributed by atoms with Crippen LogP contribution in [0.5, 0.6) is 11.5 Å². The molecule has 1 saturated heterocycles. The minimum atomic E-state index is -1.49. The zero-order valence-corrected chi connectivity index (χ0v) is 13.8. The van der Waals surface area contributed by atoms with Crippen LogP contribution in [0.1, 0.15) is 30.4 Å². The van der Waals surface area contributed by atoms with Crippen LogP contribution in [0.2, 0.25) is 0 Å². The Hall–Kier alpha value is -1.42. The zero-order chi connectivity index (χ0) is 18.3. The lowest BCUT2D eigenvalue weighted by molar-refractivity contribution is -0.312. The van der Waals surface area contributed by atoms with E-state index >= 15 is 0 Å². The molecule has 140 valence electrons. The van der Waals surface area contributed by atoms with Crippen molar-refractivity contribution in [3.63, 3.8) is 0 Å². The summed E-state index contributed by atoms with van der Waals surface area (Å²) in [5, 5.41) is 58.7. The number of fused-ring (bicyclic) bond motifs is 1. The molecule has 1 aliphatic heterocycles. The standard InChI is InChI=1S/C17H24O8/c1-7-2-10(4-8-3-9(19)5-11(20)13(7)8)24-17-16(23)15(22)14(21)12(6-18)25-17/h3,5,7,10,12,14-23H,2,4,6H2,1H3. The third-order valence-electron chi connectivity index (χ3n) is 4.96. The number of hydrogen-bond donors (Lipinski definition) is 6. The van der Waals surface area contributed by atoms with Gasteiger partial charge in [0.25, 0.3) is 0 Å². The highest BCUT2D eigenvalue weighted by atomic mass is 16.7. The number of ether oxygens (including phenoxy) is 2. The molecule has 0 saturated carbocycles. The molecule has 0 bridgehead atoms. The number of aliphatic hydroxyl groups is 4. The van der Waals surface area contributed by atoms with Crippen molar-refractivity contribution in [1.82, 2.24) is 0 Å². The Labute approximate surface area is 144 Å². The summed E-state index contributed by atoms with van der Waals surface area (Å²) in [6, 6.07) is 2.86. The van der Waals surface area contributed by atoms with E-state index in [2.05, 4.69) is 0 Å². The van der Waals surface area contributed by atoms with Gasteiger partial charge in [0, 0.05) is 11.6 Å². The molecule has 1 fully saturated rings. The van der Waals surface area contributed by atoms with Gasteiger partial charge in [0.1, 0.15) is 35.9 Å². The van der Waals surface area contributed by atoms with Crippen LogP contribution < -0.4 is 0 Å². The summed E-state index contributed by atoms with van der Waals surface area (Å²) in [6.07, 6.45) is -6.05. The number of aliphatic hydroxyl groups excluding tert-OH is 4. The number of aromatic hydroxyl groups is 2. The normalized spacial score (nSPS) is 38.4. The molecule has 1 aliphatic carbocycles. The van der Waals surface area contributed by atoms with Crippen LogP contribution in [0, 0.1) is 0 Å². The second-order valence-corrected chi connectivity index (χ2v) is 6.83. The van der Waals surface area contributed by atoms with E-state index in [1.807, 2.05) is 6.92 Å². The molecule has 2 aliphatic rings. The molecule has 8 nitrogen and oxygen atoms in total. The average Bonchev–Trinajstić information content (AvgIpc) is 2.54. The third-order valence-corrected chi connectivity index (χ3v) is 4.96. The second-order valence-electron chi connectivity index (χ2n) is 6.83. The van der Waals surface area contributed by atoms with E-state index in [0.717, 1.165) is 11.1 Å². The van der Waals surface area contributed by atoms with Gasteiger partial charge in [-0.05, 0) is 30.4 Å². The highest BCUT2D eigenvalue weighted by Crippen LogP contribution is 2.41. The Bertz CT molecular complexity index is 619. The van der Waals surface area contributed by atoms with E-state index in [1.54, 1.807) is 6.07 Å². The Morgan fingerprint density at radius 3 is 2.52 bits per heavy atom. The lowest BCUT2D eigenvalue weighted by Crippen LogP contribution is -2.59. The highest BCUT2D eigenvalue weighted by Gasteiger charge is 2.45. The first-order valence-corrected chi connectivity index (χ1v) is 8.32. The van der Waals surface area contributed by atoms with Crippen molar-refractivity contribution in [2.45, 2.75) is 62.5 Å². The van der Waals surface area contributed by atoms with Crippen molar-refractivity contribution in [2.24, 2.45) is 0 Å². The predicted octanol–water partition coefficient (Wildman–Crippen LogP) is -0.667. The van der Waals surface area contributed by atoms with Crippen molar-refractivity contribution in [3.8, 4) is 11.5 Å². The van der Waals surface area contributed by atoms with Crippen LogP contribution in [-0.4, -0.2) is 74.1 Å². The number of phenolic OH excluding ortho intramolecular Hbond substituents is 2. The maximum Gasteiger partial charge on any atom is 0.186 e. The molecule has 25 heavy (non-hydrogen) atoms. The number of benzene rings is 1. The summed E-state index contributed by atoms with van der Waals surface area (Å²) in [5.41, 5.74) is 1.50. The van der Waals surface area contributed by atoms with Gasteiger partial charge in [0.15, 0.2) is 6.29 Å². The molecule has 6 N–H and O–H groups in total. The smallest absolute Gasteiger partial charge is 0.186 e. The van der Waals surface area contributed by atoms with E-state index in [4.69, 9.17) is 9.47 Å². The maximum absolute atomic E-state index is 10.1. The van der Waals surface area contributed by atoms with Crippen LogP contribution in [0.25, 0.3) is 0 Å². The summed E-state index contributed by atoms with van der Waals surface area (Å²) in [5.74, 6) is -0.0510. The van der Waals surface area contributed by atoms with Gasteiger partial charge < -0.3 is 40.1 Å². The molecule has 0 spiro atoms. The van der Waals surface area contributed by atoms with Crippen LogP contribution in [0.3, 0.4) is 0 Å². The van der Waals surface area contributed by atoms with Crippen molar-refractivity contribution < 1.29 is 40.1 Å². The van der Waals surface area contributed by atoms with E-state index in [1.165, 1.54) is 6.07 Å². The topological polar surface area (TPSA) is 140 Å². The Kier molecular flexibility index (Phi) is 5.19. The summed E-state index contributed by atoms with van der Waals surface area (Å²) in [7, 11) is 0. The first-order valence-electron chi connectivity index (χ1n) is 8.32. The predicted molar refractivity (Wildman–Crippen MR) is 85.1 cm³/mol. The van der Waals surface area contributed by atoms with Gasteiger partial charge in [-0.1, -0.05) is 6.92 Å². The molecule has 1 aromatic carbocycles. The number of rotatable bonds is 3. The van der Waals surface area contributed by atoms with E-state index in [0.29, 0.717) is 12.8 Å². The maximum atomic E-state index is 10.1. The average molecular weight is 356 g/mol. The lowest BCUT2D eigenvalue weighted by Gasteiger charge is -2.42. The molecule has 1 aromatic rings. The summed E-state index contributed by atoms with van der Waals surface area (Å²) < 4.78 is 11.2. The van der Waals surface area contributed by atoms with Crippen LogP contribution in [0.4, 0.5) is 0 Å². The van der Waals surface area contributed by atoms with Crippen molar-refractivity contribution in [1.29, 1.82) is 0 Å². The third kappa shape index (κ3) is 3.46. The van der Waals surface area contributed by atoms with E-state index < -0.39 is 37.3 Å². The minimum Gasteiger partial charge on any atom is -0.508 e. The van der Waals surface area contributed by atoms with Gasteiger partial charge in [0.05, 0.1) is 12.7 Å². The summed E-state index contributed by atoms with van der Waals surface area (Å²) in [4.78, 5) is 0. The van der Waals surface area contributed by atoms with Crippen molar-refractivity contribution in [3.05, 3.63) is 23.3 Å². The van der Waals surface area contributed by atoms with Gasteiger partial charge >= 0.3 is 0 Å². The first kappa shape index (κ1) is 18.4. The van der Waals surface area contributed by atoms with Crippen LogP contribution >= 0.6 is 0 Å². The molecule has 0 aromatic heterocycles. The zero-order valence-electron chi connectivity index (χ0n) is 13.8. The molecule has 0 amide bonds. The van der Waals surface area contributed by atoms with Crippen molar-refractivity contribution in [2.75, 3.05) is 6.61 Å². The first-order chi connectivity index (χ1) is 11.8. The van der Waals surface area contributed by atoms with Crippen LogP contribution in [-0.2, 0) is 15.9 Å². The molecular weight excluding hydrogens is 332 g/mol. The van der Waals surface area contributed by atoms with Gasteiger partial charge in [-0.25, -0.2) is 0 Å². The molecule has 0 radical (unpaired) electrons. The summed E-state index contributed by atoms with van der Waals surface area (Å²) >= 11 is 0. The van der Waals surface area contributed by atoms with Gasteiger partial charge in [-0.3, -0.25) is 0 Å². The molecule has 3 rings (SSSR count). The molecule has 7 atom stereocenters. The Morgan fingerprint density at radius 1 is 1.12 bits per heavy atom. The second kappa shape index (κ2) is 7.06. The lowest BCUT2D eigenvalue weighted by atomic mass is 9.81. The number of phenols is 2. The van der Waals surface area contributed by atoms with Gasteiger partial charge in [0.2, 0.25) is 0 Å². The van der Waals surface area contributed by atoms with E-state index in [-0.39, 0.29) is 23.5 Å². The summed E-state index contributed by atoms with van der Waals surface area (Å²) in [6.45, 7) is 1.40. The van der Waals surface area contributed by atoms with E-state index in [9.17, 15) is 30.6 Å². The fraction of sp³-hybridized carbons (Fsp3) is 0.647. The molecule has 8 heteroatoms. The molecule has 1 heterocycles. The SMILES string of the molecule is CC1CC(OC2OC(CO)C(O)C(O)C2O)Cc2cc(O)cc(O)c21. The van der Waals surface area contributed by atoms with Gasteiger partial charge in [-0.2, -0.15) is 0 Å². The highest BCUT2D eigenvalue weighted by molar-refractivity contribution is 5.48. The Morgan fingerprint density at radius 2 is 1.84 bits per heavy atom. The largest absolute Gasteiger partial charge is 0.508 e. The quantitative estimate of drug-likeness (QED) is 0.419. The van der Waals surface area contributed by atoms with Crippen molar-refractivity contribution >= 4 is 0 Å². The Balaban J connectivity index is 1.75. The number of hydrogen-bond acceptors (Lipinski definition) is 8. The molecular formula is C17H24O8. The fourth-order valence-electron chi connectivity index (χ4n) is 3.73. The monoisotopic (exact) mass is 356 g/mol.